The third-order valence-electron chi connectivity index (χ3n) is 3.24. The van der Waals surface area contributed by atoms with E-state index in [0.717, 1.165) is 32.5 Å². The number of carbonyl (C=O) groups excluding carboxylic acids is 1. The average molecular weight is 236 g/mol. The summed E-state index contributed by atoms with van der Waals surface area (Å²) in [4.78, 5) is 14.2. The van der Waals surface area contributed by atoms with Crippen LogP contribution in [-0.2, 0) is 6.54 Å². The Morgan fingerprint density at radius 3 is 2.53 bits per heavy atom. The van der Waals surface area contributed by atoms with E-state index in [2.05, 4.69) is 5.10 Å². The van der Waals surface area contributed by atoms with Crippen molar-refractivity contribution in [1.82, 2.24) is 14.7 Å². The maximum absolute atomic E-state index is 12.3. The van der Waals surface area contributed by atoms with Gasteiger partial charge in [0.05, 0.1) is 0 Å². The molecule has 0 spiro atoms. The summed E-state index contributed by atoms with van der Waals surface area (Å²) in [5.74, 6) is 0.380. The molecule has 0 saturated carbocycles. The molecule has 0 aliphatic carbocycles. The Bertz CT molecular complexity index is 391. The highest BCUT2D eigenvalue weighted by atomic mass is 16.2. The molecular weight excluding hydrogens is 216 g/mol. The van der Waals surface area contributed by atoms with Crippen LogP contribution in [0.5, 0.6) is 0 Å². The summed E-state index contributed by atoms with van der Waals surface area (Å²) in [6.07, 6.45) is 6.37. The Kier molecular flexibility index (Phi) is 3.66. The largest absolute Gasteiger partial charge is 0.382 e. The van der Waals surface area contributed by atoms with Crippen molar-refractivity contribution >= 4 is 11.7 Å². The molecule has 17 heavy (non-hydrogen) atoms. The minimum atomic E-state index is 0.0316. The van der Waals surface area contributed by atoms with E-state index in [1.54, 1.807) is 10.9 Å². The lowest BCUT2D eigenvalue weighted by Gasteiger charge is -2.19. The van der Waals surface area contributed by atoms with Gasteiger partial charge in [-0.1, -0.05) is 12.8 Å². The van der Waals surface area contributed by atoms with Gasteiger partial charge in [-0.15, -0.1) is 0 Å². The van der Waals surface area contributed by atoms with Crippen LogP contribution in [0.4, 0.5) is 5.82 Å². The van der Waals surface area contributed by atoms with E-state index in [1.807, 2.05) is 11.8 Å². The van der Waals surface area contributed by atoms with Crippen molar-refractivity contribution in [3.05, 3.63) is 11.8 Å². The molecule has 5 heteroatoms. The quantitative estimate of drug-likeness (QED) is 0.846. The highest BCUT2D eigenvalue weighted by Crippen LogP contribution is 2.16. The van der Waals surface area contributed by atoms with Crippen molar-refractivity contribution in [2.75, 3.05) is 18.8 Å². The molecule has 1 saturated heterocycles. The van der Waals surface area contributed by atoms with Crippen molar-refractivity contribution in [1.29, 1.82) is 0 Å². The number of rotatable bonds is 2. The van der Waals surface area contributed by atoms with Gasteiger partial charge in [0, 0.05) is 25.8 Å². The van der Waals surface area contributed by atoms with E-state index in [1.165, 1.54) is 12.8 Å². The lowest BCUT2D eigenvalue weighted by Crippen LogP contribution is -2.32. The third-order valence-corrected chi connectivity index (χ3v) is 3.24. The van der Waals surface area contributed by atoms with Crippen LogP contribution < -0.4 is 5.73 Å². The van der Waals surface area contributed by atoms with E-state index in [0.29, 0.717) is 11.4 Å². The second kappa shape index (κ2) is 5.21. The molecule has 0 radical (unpaired) electrons. The van der Waals surface area contributed by atoms with E-state index >= 15 is 0 Å². The van der Waals surface area contributed by atoms with E-state index in [-0.39, 0.29) is 5.91 Å². The van der Waals surface area contributed by atoms with E-state index in [9.17, 15) is 4.79 Å². The molecule has 0 atom stereocenters. The molecule has 2 rings (SSSR count). The molecule has 1 amide bonds. The van der Waals surface area contributed by atoms with Gasteiger partial charge in [-0.2, -0.15) is 5.10 Å². The van der Waals surface area contributed by atoms with E-state index < -0.39 is 0 Å². The van der Waals surface area contributed by atoms with Gasteiger partial charge in [0.1, 0.15) is 5.56 Å². The molecular formula is C12H20N4O. The maximum Gasteiger partial charge on any atom is 0.259 e. The molecule has 0 aromatic carbocycles. The standard InChI is InChI=1S/C12H20N4O/c1-2-16-9-10(11(13)14-16)12(17)15-7-5-3-4-6-8-15/h9H,2-8H2,1H3,(H2,13,14). The topological polar surface area (TPSA) is 64.2 Å². The van der Waals surface area contributed by atoms with Gasteiger partial charge >= 0.3 is 0 Å². The second-order valence-electron chi connectivity index (χ2n) is 4.49. The fourth-order valence-corrected chi connectivity index (χ4v) is 2.21. The second-order valence-corrected chi connectivity index (χ2v) is 4.49. The smallest absolute Gasteiger partial charge is 0.259 e. The summed E-state index contributed by atoms with van der Waals surface area (Å²) in [5.41, 5.74) is 6.33. The lowest BCUT2D eigenvalue weighted by atomic mass is 10.2. The van der Waals surface area contributed by atoms with Gasteiger partial charge in [0.15, 0.2) is 5.82 Å². The molecule has 1 aromatic rings. The van der Waals surface area contributed by atoms with Gasteiger partial charge < -0.3 is 10.6 Å². The van der Waals surface area contributed by atoms with Crippen molar-refractivity contribution < 1.29 is 4.79 Å². The maximum atomic E-state index is 12.3. The molecule has 0 bridgehead atoms. The molecule has 2 N–H and O–H groups in total. The number of anilines is 1. The van der Waals surface area contributed by atoms with Crippen molar-refractivity contribution in [2.24, 2.45) is 0 Å². The van der Waals surface area contributed by atoms with Crippen molar-refractivity contribution in [3.63, 3.8) is 0 Å². The number of hydrogen-bond donors (Lipinski definition) is 1. The zero-order valence-electron chi connectivity index (χ0n) is 10.4. The molecule has 2 heterocycles. The predicted octanol–water partition coefficient (Wildman–Crippen LogP) is 1.50. The van der Waals surface area contributed by atoms with Crippen LogP contribution in [0.15, 0.2) is 6.20 Å². The fourth-order valence-electron chi connectivity index (χ4n) is 2.21. The molecule has 0 unspecified atom stereocenters. The number of hydrogen-bond acceptors (Lipinski definition) is 3. The van der Waals surface area contributed by atoms with Crippen LogP contribution in [-0.4, -0.2) is 33.7 Å². The minimum absolute atomic E-state index is 0.0316. The normalized spacial score (nSPS) is 16.9. The summed E-state index contributed by atoms with van der Waals surface area (Å²) in [5, 5.41) is 4.12. The van der Waals surface area contributed by atoms with Crippen LogP contribution >= 0.6 is 0 Å². The Morgan fingerprint density at radius 2 is 2.00 bits per heavy atom. The number of carbonyl (C=O) groups is 1. The molecule has 5 nitrogen and oxygen atoms in total. The molecule has 1 aliphatic rings. The Labute approximate surface area is 102 Å². The number of nitrogens with two attached hydrogens (primary N) is 1. The lowest BCUT2D eigenvalue weighted by molar-refractivity contribution is 0.0762. The summed E-state index contributed by atoms with van der Waals surface area (Å²) in [6, 6.07) is 0. The number of aryl methyl sites for hydroxylation is 1. The number of amides is 1. The summed E-state index contributed by atoms with van der Waals surface area (Å²) in [7, 11) is 0. The molecule has 94 valence electrons. The zero-order chi connectivity index (χ0) is 12.3. The first-order valence-corrected chi connectivity index (χ1v) is 6.34. The Hall–Kier alpha value is -1.52. The van der Waals surface area contributed by atoms with Crippen molar-refractivity contribution in [2.45, 2.75) is 39.2 Å². The van der Waals surface area contributed by atoms with Crippen molar-refractivity contribution in [3.8, 4) is 0 Å². The highest BCUT2D eigenvalue weighted by molar-refractivity contribution is 5.98. The van der Waals surface area contributed by atoms with Crippen LogP contribution in [0.2, 0.25) is 0 Å². The number of nitrogens with zero attached hydrogens (tertiary/aromatic N) is 3. The number of aromatic nitrogens is 2. The molecule has 1 aliphatic heterocycles. The number of nitrogen functional groups attached to an aromatic ring is 1. The molecule has 1 fully saturated rings. The van der Waals surface area contributed by atoms with Crippen LogP contribution in [0.25, 0.3) is 0 Å². The van der Waals surface area contributed by atoms with E-state index in [4.69, 9.17) is 5.73 Å². The van der Waals surface area contributed by atoms with Crippen LogP contribution in [0, 0.1) is 0 Å². The van der Waals surface area contributed by atoms with Gasteiger partial charge in [0.25, 0.3) is 5.91 Å². The van der Waals surface area contributed by atoms with Crippen LogP contribution in [0.3, 0.4) is 0 Å². The third kappa shape index (κ3) is 2.60. The minimum Gasteiger partial charge on any atom is -0.382 e. The molecule has 1 aromatic heterocycles. The van der Waals surface area contributed by atoms with Gasteiger partial charge in [-0.3, -0.25) is 9.48 Å². The van der Waals surface area contributed by atoms with Gasteiger partial charge in [-0.05, 0) is 19.8 Å². The Balaban J connectivity index is 2.14. The first kappa shape index (κ1) is 12.0. The predicted molar refractivity (Wildman–Crippen MR) is 66.7 cm³/mol. The average Bonchev–Trinajstić information content (AvgIpc) is 2.56. The number of likely N-dealkylation sites (tertiary alicyclic amines) is 1. The first-order chi connectivity index (χ1) is 8.22. The Morgan fingerprint density at radius 1 is 1.35 bits per heavy atom. The zero-order valence-corrected chi connectivity index (χ0v) is 10.4. The first-order valence-electron chi connectivity index (χ1n) is 6.34. The monoisotopic (exact) mass is 236 g/mol. The van der Waals surface area contributed by atoms with Gasteiger partial charge in [0.2, 0.25) is 0 Å². The van der Waals surface area contributed by atoms with Gasteiger partial charge in [-0.25, -0.2) is 0 Å². The van der Waals surface area contributed by atoms with Crippen LogP contribution in [0.1, 0.15) is 43.0 Å². The summed E-state index contributed by atoms with van der Waals surface area (Å²) >= 11 is 0. The summed E-state index contributed by atoms with van der Waals surface area (Å²) in [6.45, 7) is 4.40. The SMILES string of the molecule is CCn1cc(C(=O)N2CCCCCC2)c(N)n1. The highest BCUT2D eigenvalue weighted by Gasteiger charge is 2.21. The summed E-state index contributed by atoms with van der Waals surface area (Å²) < 4.78 is 1.71. The fraction of sp³-hybridized carbons (Fsp3) is 0.667.